The van der Waals surface area contributed by atoms with Gasteiger partial charge in [0.2, 0.25) is 0 Å². The molecule has 1 aliphatic carbocycles. The summed E-state index contributed by atoms with van der Waals surface area (Å²) >= 11 is 0. The second-order valence-corrected chi connectivity index (χ2v) is 3.52. The molecule has 1 saturated carbocycles. The molecule has 0 bridgehead atoms. The van der Waals surface area contributed by atoms with E-state index in [-0.39, 0.29) is 0 Å². The average Bonchev–Trinajstić information content (AvgIpc) is 2.88. The van der Waals surface area contributed by atoms with Gasteiger partial charge < -0.3 is 5.32 Å². The zero-order valence-electron chi connectivity index (χ0n) is 8.47. The van der Waals surface area contributed by atoms with Crippen molar-refractivity contribution in [2.45, 2.75) is 32.6 Å². The van der Waals surface area contributed by atoms with Gasteiger partial charge in [-0.15, -0.1) is 0 Å². The van der Waals surface area contributed by atoms with Crippen LogP contribution in [0.4, 0.5) is 0 Å². The predicted molar refractivity (Wildman–Crippen MR) is 58.5 cm³/mol. The molecule has 1 nitrogen and oxygen atoms in total. The van der Waals surface area contributed by atoms with Gasteiger partial charge in [0.1, 0.15) is 0 Å². The molecule has 0 aromatic rings. The van der Waals surface area contributed by atoms with E-state index in [1.54, 1.807) is 5.57 Å². The Hall–Kier alpha value is -0.980. The Morgan fingerprint density at radius 3 is 2.92 bits per heavy atom. The standard InChI is InChI=1S/C12H19N/c1-3-6-11(2)13-10-5-4-7-12-8-9-12/h3,6-7,13H,1,4-5,8-10H2,2H3/b11-6+. The van der Waals surface area contributed by atoms with Crippen molar-refractivity contribution in [3.63, 3.8) is 0 Å². The molecule has 1 heteroatoms. The van der Waals surface area contributed by atoms with Crippen molar-refractivity contribution in [2.75, 3.05) is 6.54 Å². The zero-order valence-corrected chi connectivity index (χ0v) is 8.47. The second kappa shape index (κ2) is 5.63. The number of nitrogens with one attached hydrogen (secondary N) is 1. The van der Waals surface area contributed by atoms with Gasteiger partial charge in [0, 0.05) is 12.2 Å². The Morgan fingerprint density at radius 2 is 2.31 bits per heavy atom. The third-order valence-corrected chi connectivity index (χ3v) is 2.12. The lowest BCUT2D eigenvalue weighted by Gasteiger charge is -2.03. The molecule has 0 amide bonds. The Kier molecular flexibility index (Phi) is 4.37. The van der Waals surface area contributed by atoms with Crippen molar-refractivity contribution in [1.82, 2.24) is 5.32 Å². The van der Waals surface area contributed by atoms with Gasteiger partial charge in [-0.2, -0.15) is 0 Å². The maximum atomic E-state index is 3.65. The van der Waals surface area contributed by atoms with Gasteiger partial charge >= 0.3 is 0 Å². The van der Waals surface area contributed by atoms with Gasteiger partial charge in [-0.1, -0.05) is 24.3 Å². The summed E-state index contributed by atoms with van der Waals surface area (Å²) in [6.45, 7) is 6.79. The fourth-order valence-electron chi connectivity index (χ4n) is 1.21. The minimum Gasteiger partial charge on any atom is -0.389 e. The van der Waals surface area contributed by atoms with Crippen LogP contribution in [-0.2, 0) is 0 Å². The van der Waals surface area contributed by atoms with Crippen molar-refractivity contribution >= 4 is 0 Å². The highest BCUT2D eigenvalue weighted by Crippen LogP contribution is 2.27. The molecular formula is C12H19N. The van der Waals surface area contributed by atoms with Gasteiger partial charge in [0.05, 0.1) is 0 Å². The first-order chi connectivity index (χ1) is 6.33. The van der Waals surface area contributed by atoms with Crippen molar-refractivity contribution in [2.24, 2.45) is 0 Å². The summed E-state index contributed by atoms with van der Waals surface area (Å²) < 4.78 is 0. The van der Waals surface area contributed by atoms with Crippen LogP contribution in [0.3, 0.4) is 0 Å². The molecule has 72 valence electrons. The van der Waals surface area contributed by atoms with Crippen molar-refractivity contribution < 1.29 is 0 Å². The van der Waals surface area contributed by atoms with Crippen molar-refractivity contribution in [3.05, 3.63) is 36.1 Å². The molecule has 0 unspecified atom stereocenters. The van der Waals surface area contributed by atoms with E-state index in [0.29, 0.717) is 0 Å². The highest BCUT2D eigenvalue weighted by atomic mass is 14.9. The van der Waals surface area contributed by atoms with E-state index in [9.17, 15) is 0 Å². The van der Waals surface area contributed by atoms with E-state index < -0.39 is 0 Å². The third kappa shape index (κ3) is 5.29. The van der Waals surface area contributed by atoms with E-state index in [1.807, 2.05) is 12.2 Å². The lowest BCUT2D eigenvalue weighted by atomic mass is 10.2. The molecular weight excluding hydrogens is 158 g/mol. The Morgan fingerprint density at radius 1 is 1.54 bits per heavy atom. The molecule has 0 spiro atoms. The molecule has 1 aliphatic rings. The SMILES string of the molecule is C=C/C=C(\C)NCCCC=C1CC1. The van der Waals surface area contributed by atoms with E-state index in [1.165, 1.54) is 31.4 Å². The van der Waals surface area contributed by atoms with E-state index in [2.05, 4.69) is 24.9 Å². The molecule has 0 aromatic heterocycles. The maximum Gasteiger partial charge on any atom is 0.0146 e. The summed E-state index contributed by atoms with van der Waals surface area (Å²) in [5.74, 6) is 0. The van der Waals surface area contributed by atoms with E-state index in [4.69, 9.17) is 0 Å². The number of hydrogen-bond donors (Lipinski definition) is 1. The fraction of sp³-hybridized carbons (Fsp3) is 0.500. The largest absolute Gasteiger partial charge is 0.389 e. The quantitative estimate of drug-likeness (QED) is 0.373. The van der Waals surface area contributed by atoms with E-state index >= 15 is 0 Å². The van der Waals surface area contributed by atoms with Crippen LogP contribution in [0.5, 0.6) is 0 Å². The smallest absolute Gasteiger partial charge is 0.0146 e. The number of hydrogen-bond acceptors (Lipinski definition) is 1. The number of allylic oxidation sites excluding steroid dienone is 5. The molecule has 13 heavy (non-hydrogen) atoms. The lowest BCUT2D eigenvalue weighted by Crippen LogP contribution is -2.11. The summed E-state index contributed by atoms with van der Waals surface area (Å²) in [5.41, 5.74) is 2.85. The maximum absolute atomic E-state index is 3.65. The van der Waals surface area contributed by atoms with Crippen molar-refractivity contribution in [3.8, 4) is 0 Å². The Bertz CT molecular complexity index is 217. The van der Waals surface area contributed by atoms with Crippen LogP contribution in [0.15, 0.2) is 36.1 Å². The number of rotatable bonds is 6. The molecule has 0 atom stereocenters. The minimum atomic E-state index is 1.07. The van der Waals surface area contributed by atoms with Gasteiger partial charge in [-0.05, 0) is 38.7 Å². The van der Waals surface area contributed by atoms with Crippen LogP contribution in [0.2, 0.25) is 0 Å². The highest BCUT2D eigenvalue weighted by molar-refractivity contribution is 5.15. The van der Waals surface area contributed by atoms with E-state index in [0.717, 1.165) is 6.54 Å². The zero-order chi connectivity index (χ0) is 9.52. The summed E-state index contributed by atoms with van der Waals surface area (Å²) in [6.07, 6.45) is 11.4. The molecule has 1 N–H and O–H groups in total. The van der Waals surface area contributed by atoms with Crippen LogP contribution < -0.4 is 5.32 Å². The first-order valence-corrected chi connectivity index (χ1v) is 5.04. The average molecular weight is 177 g/mol. The predicted octanol–water partition coefficient (Wildman–Crippen LogP) is 3.17. The first-order valence-electron chi connectivity index (χ1n) is 5.04. The molecule has 0 aromatic carbocycles. The summed E-state index contributed by atoms with van der Waals surface area (Å²) in [5, 5.41) is 3.34. The normalized spacial score (nSPS) is 15.5. The third-order valence-electron chi connectivity index (χ3n) is 2.12. The minimum absolute atomic E-state index is 1.07. The van der Waals surface area contributed by atoms with Crippen LogP contribution in [0, 0.1) is 0 Å². The fourth-order valence-corrected chi connectivity index (χ4v) is 1.21. The molecule has 1 fully saturated rings. The highest BCUT2D eigenvalue weighted by Gasteiger charge is 2.08. The summed E-state index contributed by atoms with van der Waals surface area (Å²) in [7, 11) is 0. The van der Waals surface area contributed by atoms with Gasteiger partial charge in [-0.25, -0.2) is 0 Å². The molecule has 1 rings (SSSR count). The van der Waals surface area contributed by atoms with Gasteiger partial charge in [0.25, 0.3) is 0 Å². The van der Waals surface area contributed by atoms with Crippen molar-refractivity contribution in [1.29, 1.82) is 0 Å². The molecule has 0 radical (unpaired) electrons. The van der Waals surface area contributed by atoms with Gasteiger partial charge in [-0.3, -0.25) is 0 Å². The topological polar surface area (TPSA) is 12.0 Å². The molecule has 0 saturated heterocycles. The van der Waals surface area contributed by atoms with Crippen LogP contribution in [-0.4, -0.2) is 6.54 Å². The Labute approximate surface area is 81.2 Å². The Balaban J connectivity index is 1.96. The molecule has 0 heterocycles. The summed E-state index contributed by atoms with van der Waals surface area (Å²) in [4.78, 5) is 0. The van der Waals surface area contributed by atoms with Gasteiger partial charge in [0.15, 0.2) is 0 Å². The summed E-state index contributed by atoms with van der Waals surface area (Å²) in [6, 6.07) is 0. The van der Waals surface area contributed by atoms with Crippen LogP contribution >= 0.6 is 0 Å². The lowest BCUT2D eigenvalue weighted by molar-refractivity contribution is 0.734. The van der Waals surface area contributed by atoms with Crippen LogP contribution in [0.1, 0.15) is 32.6 Å². The monoisotopic (exact) mass is 177 g/mol. The number of unbranched alkanes of at least 4 members (excludes halogenated alkanes) is 1. The van der Waals surface area contributed by atoms with Crippen LogP contribution in [0.25, 0.3) is 0 Å². The first kappa shape index (κ1) is 10.1. The molecule has 0 aliphatic heterocycles. The second-order valence-electron chi connectivity index (χ2n) is 3.52.